The molecule has 0 unspecified atom stereocenters. The van der Waals surface area contributed by atoms with Crippen LogP contribution < -0.4 is 10.1 Å². The first kappa shape index (κ1) is 16.0. The number of hydrogen-bond acceptors (Lipinski definition) is 5. The monoisotopic (exact) mass is 343 g/mol. The third-order valence-corrected chi connectivity index (χ3v) is 3.62. The van der Waals surface area contributed by atoms with E-state index in [1.165, 1.54) is 7.11 Å². The number of carbonyl (C=O) groups excluding carboxylic acids is 1. The Kier molecular flexibility index (Phi) is 4.48. The minimum atomic E-state index is -0.265. The summed E-state index contributed by atoms with van der Waals surface area (Å²) in [5, 5.41) is 7.07. The molecule has 1 N–H and O–H groups in total. The summed E-state index contributed by atoms with van der Waals surface area (Å²) in [6.07, 6.45) is 0. The molecule has 1 heterocycles. The van der Waals surface area contributed by atoms with Gasteiger partial charge < -0.3 is 14.6 Å². The number of hydrogen-bond donors (Lipinski definition) is 1. The van der Waals surface area contributed by atoms with Gasteiger partial charge in [0.25, 0.3) is 5.91 Å². The molecule has 0 atom stereocenters. The maximum absolute atomic E-state index is 12.4. The van der Waals surface area contributed by atoms with E-state index in [4.69, 9.17) is 20.9 Å². The van der Waals surface area contributed by atoms with Crippen LogP contribution in [0.4, 0.5) is 5.69 Å². The number of rotatable bonds is 4. The van der Waals surface area contributed by atoms with E-state index in [-0.39, 0.29) is 5.91 Å². The Labute approximate surface area is 143 Å². The number of aromatic nitrogens is 2. The van der Waals surface area contributed by atoms with E-state index in [9.17, 15) is 4.79 Å². The highest BCUT2D eigenvalue weighted by atomic mass is 35.5. The SMILES string of the molecule is COc1ccc(NC(=O)c2cccc(-c3noc(C)n3)c2)cc1Cl. The summed E-state index contributed by atoms with van der Waals surface area (Å²) in [6, 6.07) is 12.0. The molecule has 0 saturated heterocycles. The summed E-state index contributed by atoms with van der Waals surface area (Å²) in [5.74, 6) is 1.19. The van der Waals surface area contributed by atoms with Crippen molar-refractivity contribution in [3.63, 3.8) is 0 Å². The standard InChI is InChI=1S/C17H14ClN3O3/c1-10-19-16(21-24-10)11-4-3-5-12(8-11)17(22)20-13-6-7-15(23-2)14(18)9-13/h3-9H,1-2H3,(H,20,22). The summed E-state index contributed by atoms with van der Waals surface area (Å²) in [7, 11) is 1.53. The van der Waals surface area contributed by atoms with E-state index in [1.54, 1.807) is 43.3 Å². The molecule has 0 fully saturated rings. The lowest BCUT2D eigenvalue weighted by atomic mass is 10.1. The number of halogens is 1. The Morgan fingerprint density at radius 3 is 2.75 bits per heavy atom. The van der Waals surface area contributed by atoms with Gasteiger partial charge in [-0.05, 0) is 30.3 Å². The zero-order valence-electron chi connectivity index (χ0n) is 13.0. The maximum Gasteiger partial charge on any atom is 0.255 e. The van der Waals surface area contributed by atoms with Crippen LogP contribution in [0.2, 0.25) is 5.02 Å². The topological polar surface area (TPSA) is 77.2 Å². The molecule has 3 rings (SSSR count). The zero-order chi connectivity index (χ0) is 17.1. The van der Waals surface area contributed by atoms with E-state index in [2.05, 4.69) is 15.5 Å². The molecule has 24 heavy (non-hydrogen) atoms. The van der Waals surface area contributed by atoms with Gasteiger partial charge in [-0.2, -0.15) is 4.98 Å². The minimum absolute atomic E-state index is 0.265. The molecule has 122 valence electrons. The van der Waals surface area contributed by atoms with Crippen molar-refractivity contribution >= 4 is 23.2 Å². The molecular formula is C17H14ClN3O3. The second-order valence-electron chi connectivity index (χ2n) is 5.02. The highest BCUT2D eigenvalue weighted by Gasteiger charge is 2.11. The molecule has 7 heteroatoms. The van der Waals surface area contributed by atoms with Crippen molar-refractivity contribution in [2.24, 2.45) is 0 Å². The number of benzene rings is 2. The summed E-state index contributed by atoms with van der Waals surface area (Å²) >= 11 is 6.06. The van der Waals surface area contributed by atoms with Crippen LogP contribution in [0.15, 0.2) is 47.0 Å². The summed E-state index contributed by atoms with van der Waals surface area (Å²) in [4.78, 5) is 16.6. The van der Waals surface area contributed by atoms with Crippen LogP contribution >= 0.6 is 11.6 Å². The smallest absolute Gasteiger partial charge is 0.255 e. The van der Waals surface area contributed by atoms with Crippen LogP contribution in [0.3, 0.4) is 0 Å². The normalized spacial score (nSPS) is 10.5. The number of amides is 1. The van der Waals surface area contributed by atoms with Gasteiger partial charge in [-0.25, -0.2) is 0 Å². The molecule has 1 amide bonds. The Morgan fingerprint density at radius 2 is 2.08 bits per heavy atom. The number of anilines is 1. The van der Waals surface area contributed by atoms with Gasteiger partial charge in [-0.15, -0.1) is 0 Å². The lowest BCUT2D eigenvalue weighted by Gasteiger charge is -2.08. The Balaban J connectivity index is 1.81. The average molecular weight is 344 g/mol. The molecule has 0 aliphatic heterocycles. The van der Waals surface area contributed by atoms with Crippen molar-refractivity contribution in [3.05, 3.63) is 58.9 Å². The molecule has 3 aromatic rings. The summed E-state index contributed by atoms with van der Waals surface area (Å²) in [6.45, 7) is 1.71. The third kappa shape index (κ3) is 3.38. The number of methoxy groups -OCH3 is 1. The highest BCUT2D eigenvalue weighted by molar-refractivity contribution is 6.32. The van der Waals surface area contributed by atoms with Crippen molar-refractivity contribution < 1.29 is 14.1 Å². The van der Waals surface area contributed by atoms with Gasteiger partial charge in [-0.1, -0.05) is 28.9 Å². The van der Waals surface area contributed by atoms with Gasteiger partial charge >= 0.3 is 0 Å². The molecule has 0 bridgehead atoms. The van der Waals surface area contributed by atoms with Crippen LogP contribution in [0, 0.1) is 6.92 Å². The molecule has 2 aromatic carbocycles. The molecule has 1 aromatic heterocycles. The van der Waals surface area contributed by atoms with Crippen LogP contribution in [-0.4, -0.2) is 23.2 Å². The Hall–Kier alpha value is -2.86. The van der Waals surface area contributed by atoms with Crippen LogP contribution in [-0.2, 0) is 0 Å². The maximum atomic E-state index is 12.4. The van der Waals surface area contributed by atoms with Crippen molar-refractivity contribution in [3.8, 4) is 17.1 Å². The number of nitrogens with zero attached hydrogens (tertiary/aromatic N) is 2. The summed E-state index contributed by atoms with van der Waals surface area (Å²) in [5.41, 5.74) is 1.75. The van der Waals surface area contributed by atoms with E-state index in [1.807, 2.05) is 6.07 Å². The van der Waals surface area contributed by atoms with Crippen LogP contribution in [0.25, 0.3) is 11.4 Å². The van der Waals surface area contributed by atoms with Gasteiger partial charge in [0, 0.05) is 23.7 Å². The lowest BCUT2D eigenvalue weighted by Crippen LogP contribution is -2.12. The van der Waals surface area contributed by atoms with Crippen LogP contribution in [0.1, 0.15) is 16.2 Å². The molecule has 6 nitrogen and oxygen atoms in total. The van der Waals surface area contributed by atoms with Crippen molar-refractivity contribution in [2.75, 3.05) is 12.4 Å². The average Bonchev–Trinajstić information content (AvgIpc) is 3.02. The fourth-order valence-corrected chi connectivity index (χ4v) is 2.42. The predicted molar refractivity (Wildman–Crippen MR) is 90.4 cm³/mol. The molecule has 0 spiro atoms. The lowest BCUT2D eigenvalue weighted by molar-refractivity contribution is 0.102. The van der Waals surface area contributed by atoms with Gasteiger partial charge in [0.15, 0.2) is 0 Å². The van der Waals surface area contributed by atoms with E-state index < -0.39 is 0 Å². The first-order chi connectivity index (χ1) is 11.6. The first-order valence-electron chi connectivity index (χ1n) is 7.12. The molecular weight excluding hydrogens is 330 g/mol. The second kappa shape index (κ2) is 6.72. The number of carbonyl (C=O) groups is 1. The summed E-state index contributed by atoms with van der Waals surface area (Å²) < 4.78 is 10.1. The first-order valence-corrected chi connectivity index (χ1v) is 7.50. The largest absolute Gasteiger partial charge is 0.495 e. The van der Waals surface area contributed by atoms with E-state index in [0.29, 0.717) is 39.3 Å². The van der Waals surface area contributed by atoms with Gasteiger partial charge in [-0.3, -0.25) is 4.79 Å². The Morgan fingerprint density at radius 1 is 1.25 bits per heavy atom. The third-order valence-electron chi connectivity index (χ3n) is 3.32. The van der Waals surface area contributed by atoms with Crippen molar-refractivity contribution in [1.29, 1.82) is 0 Å². The minimum Gasteiger partial charge on any atom is -0.495 e. The fraction of sp³-hybridized carbons (Fsp3) is 0.118. The van der Waals surface area contributed by atoms with Gasteiger partial charge in [0.1, 0.15) is 5.75 Å². The molecule has 0 radical (unpaired) electrons. The van der Waals surface area contributed by atoms with Crippen LogP contribution in [0.5, 0.6) is 5.75 Å². The second-order valence-corrected chi connectivity index (χ2v) is 5.43. The van der Waals surface area contributed by atoms with E-state index in [0.717, 1.165) is 0 Å². The van der Waals surface area contributed by atoms with Crippen molar-refractivity contribution in [1.82, 2.24) is 10.1 Å². The predicted octanol–water partition coefficient (Wildman–Crippen LogP) is 3.96. The highest BCUT2D eigenvalue weighted by Crippen LogP contribution is 2.27. The number of ether oxygens (including phenoxy) is 1. The quantitative estimate of drug-likeness (QED) is 0.775. The zero-order valence-corrected chi connectivity index (χ0v) is 13.8. The van der Waals surface area contributed by atoms with E-state index >= 15 is 0 Å². The molecule has 0 saturated carbocycles. The molecule has 0 aliphatic carbocycles. The van der Waals surface area contributed by atoms with Gasteiger partial charge in [0.2, 0.25) is 11.7 Å². The Bertz CT molecular complexity index is 892. The number of nitrogens with one attached hydrogen (secondary N) is 1. The number of aryl methyl sites for hydroxylation is 1. The van der Waals surface area contributed by atoms with Crippen molar-refractivity contribution in [2.45, 2.75) is 6.92 Å². The molecule has 0 aliphatic rings. The van der Waals surface area contributed by atoms with Gasteiger partial charge in [0.05, 0.1) is 12.1 Å². The fourth-order valence-electron chi connectivity index (χ4n) is 2.16.